The van der Waals surface area contributed by atoms with Crippen molar-refractivity contribution < 1.29 is 8.42 Å². The molecule has 1 fully saturated rings. The van der Waals surface area contributed by atoms with E-state index in [2.05, 4.69) is 20.3 Å². The van der Waals surface area contributed by atoms with Crippen molar-refractivity contribution in [2.24, 2.45) is 7.05 Å². The molecule has 5 rings (SSSR count). The van der Waals surface area contributed by atoms with Gasteiger partial charge in [-0.2, -0.15) is 4.31 Å². The third-order valence-corrected chi connectivity index (χ3v) is 7.53. The minimum absolute atomic E-state index is 0.124. The van der Waals surface area contributed by atoms with Crippen LogP contribution in [-0.2, 0) is 17.1 Å². The molecular formula is C22H22N6O3S. The summed E-state index contributed by atoms with van der Waals surface area (Å²) in [5.41, 5.74) is 1.53. The SMILES string of the molecule is Cn1cc(-c2cc(S(=O)(=O)N3CCCC3)cnc2Nc2ccccn2)c2cc[nH]c2c1=O. The number of fused-ring (bicyclic) bond motifs is 1. The monoisotopic (exact) mass is 450 g/mol. The third kappa shape index (κ3) is 3.47. The highest BCUT2D eigenvalue weighted by atomic mass is 32.2. The lowest BCUT2D eigenvalue weighted by Gasteiger charge is -2.18. The van der Waals surface area contributed by atoms with Gasteiger partial charge in [0.05, 0.1) is 0 Å². The van der Waals surface area contributed by atoms with E-state index in [-0.39, 0.29) is 10.5 Å². The van der Waals surface area contributed by atoms with Crippen LogP contribution in [0.4, 0.5) is 11.6 Å². The maximum absolute atomic E-state index is 13.2. The molecule has 0 aromatic carbocycles. The molecule has 1 aliphatic heterocycles. The van der Waals surface area contributed by atoms with Crippen molar-refractivity contribution in [1.82, 2.24) is 23.8 Å². The minimum Gasteiger partial charge on any atom is -0.357 e. The van der Waals surface area contributed by atoms with Gasteiger partial charge in [0, 0.05) is 61.4 Å². The quantitative estimate of drug-likeness (QED) is 0.483. The lowest BCUT2D eigenvalue weighted by atomic mass is 10.0. The van der Waals surface area contributed by atoms with Crippen LogP contribution in [0.3, 0.4) is 0 Å². The van der Waals surface area contributed by atoms with Crippen LogP contribution in [0.5, 0.6) is 0 Å². The number of hydrogen-bond donors (Lipinski definition) is 2. The number of nitrogens with one attached hydrogen (secondary N) is 2. The average molecular weight is 451 g/mol. The zero-order valence-electron chi connectivity index (χ0n) is 17.4. The van der Waals surface area contributed by atoms with E-state index in [0.717, 1.165) is 12.8 Å². The predicted molar refractivity (Wildman–Crippen MR) is 122 cm³/mol. The number of sulfonamides is 1. The van der Waals surface area contributed by atoms with Gasteiger partial charge in [0.25, 0.3) is 5.56 Å². The van der Waals surface area contributed by atoms with E-state index in [0.29, 0.717) is 46.8 Å². The van der Waals surface area contributed by atoms with Crippen LogP contribution in [-0.4, -0.2) is 45.3 Å². The lowest BCUT2D eigenvalue weighted by molar-refractivity contribution is 0.477. The molecule has 0 bridgehead atoms. The van der Waals surface area contributed by atoms with Crippen LogP contribution in [0.2, 0.25) is 0 Å². The van der Waals surface area contributed by atoms with Crippen LogP contribution in [0.25, 0.3) is 22.0 Å². The van der Waals surface area contributed by atoms with Gasteiger partial charge in [-0.3, -0.25) is 4.79 Å². The normalized spacial score (nSPS) is 14.8. The molecule has 0 atom stereocenters. The molecule has 5 heterocycles. The molecule has 164 valence electrons. The molecule has 4 aromatic rings. The molecule has 9 nitrogen and oxygen atoms in total. The van der Waals surface area contributed by atoms with E-state index in [9.17, 15) is 13.2 Å². The number of pyridine rings is 3. The number of aromatic amines is 1. The van der Waals surface area contributed by atoms with Gasteiger partial charge in [0.1, 0.15) is 22.0 Å². The largest absolute Gasteiger partial charge is 0.357 e. The van der Waals surface area contributed by atoms with Crippen LogP contribution < -0.4 is 10.9 Å². The Morgan fingerprint density at radius 3 is 2.66 bits per heavy atom. The molecule has 32 heavy (non-hydrogen) atoms. The van der Waals surface area contributed by atoms with E-state index in [1.165, 1.54) is 15.1 Å². The Morgan fingerprint density at radius 1 is 1.09 bits per heavy atom. The second-order valence-electron chi connectivity index (χ2n) is 7.74. The first kappa shape index (κ1) is 20.4. The zero-order chi connectivity index (χ0) is 22.3. The summed E-state index contributed by atoms with van der Waals surface area (Å²) in [6, 6.07) is 8.88. The maximum atomic E-state index is 13.2. The van der Waals surface area contributed by atoms with E-state index in [1.54, 1.807) is 43.8 Å². The number of anilines is 2. The Morgan fingerprint density at radius 2 is 1.91 bits per heavy atom. The molecule has 10 heteroatoms. The Hall–Kier alpha value is -3.50. The first-order valence-corrected chi connectivity index (χ1v) is 11.7. The van der Waals surface area contributed by atoms with E-state index < -0.39 is 10.0 Å². The van der Waals surface area contributed by atoms with Gasteiger partial charge in [0.15, 0.2) is 0 Å². The highest BCUT2D eigenvalue weighted by Gasteiger charge is 2.29. The van der Waals surface area contributed by atoms with E-state index in [1.807, 2.05) is 12.1 Å². The third-order valence-electron chi connectivity index (χ3n) is 5.66. The Kier molecular flexibility index (Phi) is 5.03. The van der Waals surface area contributed by atoms with Gasteiger partial charge in [-0.1, -0.05) is 6.07 Å². The van der Waals surface area contributed by atoms with Gasteiger partial charge in [-0.25, -0.2) is 18.4 Å². The van der Waals surface area contributed by atoms with Gasteiger partial charge in [0.2, 0.25) is 10.0 Å². The van der Waals surface area contributed by atoms with Crippen molar-refractivity contribution in [2.45, 2.75) is 17.7 Å². The minimum atomic E-state index is -3.67. The van der Waals surface area contributed by atoms with E-state index >= 15 is 0 Å². The Balaban J connectivity index is 1.72. The molecule has 0 saturated carbocycles. The van der Waals surface area contributed by atoms with Crippen LogP contribution >= 0.6 is 0 Å². The number of H-pyrrole nitrogens is 1. The molecule has 4 aromatic heterocycles. The van der Waals surface area contributed by atoms with Crippen LogP contribution in [0.1, 0.15) is 12.8 Å². The fourth-order valence-electron chi connectivity index (χ4n) is 4.01. The first-order valence-electron chi connectivity index (χ1n) is 10.3. The van der Waals surface area contributed by atoms with E-state index in [4.69, 9.17) is 0 Å². The van der Waals surface area contributed by atoms with Crippen molar-refractivity contribution in [3.05, 3.63) is 65.5 Å². The molecule has 1 saturated heterocycles. The van der Waals surface area contributed by atoms with Gasteiger partial charge in [-0.05, 0) is 37.1 Å². The summed E-state index contributed by atoms with van der Waals surface area (Å²) in [5, 5.41) is 3.87. The summed E-state index contributed by atoms with van der Waals surface area (Å²) < 4.78 is 29.4. The Labute approximate surface area is 184 Å². The fourth-order valence-corrected chi connectivity index (χ4v) is 5.50. The second kappa shape index (κ2) is 7.88. The van der Waals surface area contributed by atoms with Gasteiger partial charge >= 0.3 is 0 Å². The first-order chi connectivity index (χ1) is 15.4. The maximum Gasteiger partial charge on any atom is 0.274 e. The van der Waals surface area contributed by atoms with Crippen molar-refractivity contribution in [1.29, 1.82) is 0 Å². The van der Waals surface area contributed by atoms with Crippen molar-refractivity contribution in [2.75, 3.05) is 18.4 Å². The molecule has 0 radical (unpaired) electrons. The molecular weight excluding hydrogens is 428 g/mol. The molecule has 0 aliphatic carbocycles. The number of hydrogen-bond acceptors (Lipinski definition) is 6. The standard InChI is InChI=1S/C22H22N6O3S/c1-27-14-18(16-7-9-24-20(16)22(27)29)17-12-15(32(30,31)28-10-4-5-11-28)13-25-21(17)26-19-6-2-3-8-23-19/h2-3,6-9,12-14,24H,4-5,10-11H2,1H3,(H,23,25,26). The number of aromatic nitrogens is 4. The number of rotatable bonds is 5. The summed E-state index contributed by atoms with van der Waals surface area (Å²) in [7, 11) is -2.00. The number of nitrogens with zero attached hydrogens (tertiary/aromatic N) is 4. The molecule has 0 amide bonds. The summed E-state index contributed by atoms with van der Waals surface area (Å²) in [6.45, 7) is 1.01. The van der Waals surface area contributed by atoms with Crippen molar-refractivity contribution in [3.8, 4) is 11.1 Å². The fraction of sp³-hybridized carbons (Fsp3) is 0.227. The highest BCUT2D eigenvalue weighted by Crippen LogP contribution is 2.35. The summed E-state index contributed by atoms with van der Waals surface area (Å²) in [5.74, 6) is 1.02. The summed E-state index contributed by atoms with van der Waals surface area (Å²) in [4.78, 5) is 24.4. The topological polar surface area (TPSA) is 113 Å². The smallest absolute Gasteiger partial charge is 0.274 e. The average Bonchev–Trinajstić information content (AvgIpc) is 3.50. The van der Waals surface area contributed by atoms with Crippen LogP contribution in [0.15, 0.2) is 64.8 Å². The van der Waals surface area contributed by atoms with Crippen LogP contribution in [0, 0.1) is 0 Å². The number of aryl methyl sites for hydroxylation is 1. The summed E-state index contributed by atoms with van der Waals surface area (Å²) >= 11 is 0. The second-order valence-corrected chi connectivity index (χ2v) is 9.68. The summed E-state index contributed by atoms with van der Waals surface area (Å²) in [6.07, 6.45) is 8.13. The van der Waals surface area contributed by atoms with Gasteiger partial charge < -0.3 is 14.9 Å². The zero-order valence-corrected chi connectivity index (χ0v) is 18.3. The Bertz CT molecular complexity index is 1450. The predicted octanol–water partition coefficient (Wildman–Crippen LogP) is 2.85. The highest BCUT2D eigenvalue weighted by molar-refractivity contribution is 7.89. The molecule has 0 unspecified atom stereocenters. The van der Waals surface area contributed by atoms with Gasteiger partial charge in [-0.15, -0.1) is 0 Å². The molecule has 1 aliphatic rings. The molecule has 2 N–H and O–H groups in total. The lowest BCUT2D eigenvalue weighted by Crippen LogP contribution is -2.28. The van der Waals surface area contributed by atoms with Crippen molar-refractivity contribution >= 4 is 32.6 Å². The molecule has 0 spiro atoms. The van der Waals surface area contributed by atoms with Crippen molar-refractivity contribution in [3.63, 3.8) is 0 Å².